The van der Waals surface area contributed by atoms with Crippen LogP contribution in [0.2, 0.25) is 0 Å². The Hall–Kier alpha value is -0.650. The van der Waals surface area contributed by atoms with Gasteiger partial charge in [0.1, 0.15) is 0 Å². The van der Waals surface area contributed by atoms with E-state index in [0.29, 0.717) is 13.2 Å². The van der Waals surface area contributed by atoms with Crippen molar-refractivity contribution >= 4 is 5.97 Å². The van der Waals surface area contributed by atoms with Gasteiger partial charge in [-0.2, -0.15) is 0 Å². The second kappa shape index (κ2) is 9.57. The van der Waals surface area contributed by atoms with E-state index in [0.717, 1.165) is 12.8 Å². The summed E-state index contributed by atoms with van der Waals surface area (Å²) in [6.45, 7) is 4.60. The summed E-state index contributed by atoms with van der Waals surface area (Å²) in [5, 5.41) is 21.2. The Morgan fingerprint density at radius 1 is 1.50 bits per heavy atom. The maximum absolute atomic E-state index is 11.0. The van der Waals surface area contributed by atoms with Gasteiger partial charge in [-0.15, -0.1) is 0 Å². The van der Waals surface area contributed by atoms with Crippen LogP contribution in [0, 0.1) is 0 Å². The minimum atomic E-state index is -0.712. The van der Waals surface area contributed by atoms with Crippen molar-refractivity contribution < 1.29 is 19.7 Å². The summed E-state index contributed by atoms with van der Waals surface area (Å²) < 4.78 is 4.72. The summed E-state index contributed by atoms with van der Waals surface area (Å²) in [4.78, 5) is 11.0. The number of esters is 1. The van der Waals surface area contributed by atoms with E-state index in [1.165, 1.54) is 0 Å². The number of nitrogens with one attached hydrogen (secondary N) is 1. The second-order valence-electron chi connectivity index (χ2n) is 3.84. The molecule has 0 aromatic rings. The summed E-state index contributed by atoms with van der Waals surface area (Å²) in [5.41, 5.74) is 0. The third-order valence-corrected chi connectivity index (χ3v) is 2.20. The first-order valence-corrected chi connectivity index (χ1v) is 5.78. The largest absolute Gasteiger partial charge is 0.466 e. The van der Waals surface area contributed by atoms with E-state index in [9.17, 15) is 9.90 Å². The molecule has 2 atom stereocenters. The van der Waals surface area contributed by atoms with Crippen molar-refractivity contribution in [2.24, 2.45) is 0 Å². The summed E-state index contributed by atoms with van der Waals surface area (Å²) in [5.74, 6) is -0.375. The molecule has 5 nitrogen and oxygen atoms in total. The third kappa shape index (κ3) is 8.64. The van der Waals surface area contributed by atoms with Crippen LogP contribution >= 0.6 is 0 Å². The molecule has 0 radical (unpaired) electrons. The lowest BCUT2D eigenvalue weighted by Crippen LogP contribution is -2.35. The fourth-order valence-electron chi connectivity index (χ4n) is 1.32. The van der Waals surface area contributed by atoms with E-state index >= 15 is 0 Å². The van der Waals surface area contributed by atoms with Crippen LogP contribution in [0.3, 0.4) is 0 Å². The molecule has 0 heterocycles. The standard InChI is InChI=1S/C11H23NO4/c1-3-16-11(15)7-10(14)8-12-9(2)5-4-6-13/h9-10,12-14H,3-8H2,1-2H3. The van der Waals surface area contributed by atoms with Crippen molar-refractivity contribution in [1.82, 2.24) is 5.32 Å². The van der Waals surface area contributed by atoms with E-state index in [-0.39, 0.29) is 25.0 Å². The van der Waals surface area contributed by atoms with E-state index in [2.05, 4.69) is 5.32 Å². The van der Waals surface area contributed by atoms with Crippen LogP contribution in [0.5, 0.6) is 0 Å². The van der Waals surface area contributed by atoms with Crippen LogP contribution in [0.1, 0.15) is 33.1 Å². The van der Waals surface area contributed by atoms with Crippen molar-refractivity contribution in [3.05, 3.63) is 0 Å². The molecule has 5 heteroatoms. The van der Waals surface area contributed by atoms with Gasteiger partial charge < -0.3 is 20.3 Å². The van der Waals surface area contributed by atoms with E-state index in [4.69, 9.17) is 9.84 Å². The normalized spacial score (nSPS) is 14.5. The SMILES string of the molecule is CCOC(=O)CC(O)CNC(C)CCCO. The van der Waals surface area contributed by atoms with E-state index < -0.39 is 6.10 Å². The molecule has 16 heavy (non-hydrogen) atoms. The number of rotatable bonds is 9. The molecule has 0 spiro atoms. The fourth-order valence-corrected chi connectivity index (χ4v) is 1.32. The summed E-state index contributed by atoms with van der Waals surface area (Å²) in [6.07, 6.45) is 0.897. The number of aliphatic hydroxyl groups excluding tert-OH is 2. The molecule has 0 amide bonds. The highest BCUT2D eigenvalue weighted by atomic mass is 16.5. The maximum Gasteiger partial charge on any atom is 0.308 e. The molecule has 3 N–H and O–H groups in total. The molecule has 2 unspecified atom stereocenters. The minimum absolute atomic E-state index is 0.0214. The van der Waals surface area contributed by atoms with Crippen molar-refractivity contribution in [2.75, 3.05) is 19.8 Å². The van der Waals surface area contributed by atoms with E-state index in [1.54, 1.807) is 6.92 Å². The summed E-state index contributed by atoms with van der Waals surface area (Å²) in [6, 6.07) is 0.226. The van der Waals surface area contributed by atoms with Crippen LogP contribution in [0.25, 0.3) is 0 Å². The van der Waals surface area contributed by atoms with Crippen LogP contribution in [0.15, 0.2) is 0 Å². The molecule has 0 aliphatic rings. The van der Waals surface area contributed by atoms with Crippen LogP contribution < -0.4 is 5.32 Å². The third-order valence-electron chi connectivity index (χ3n) is 2.20. The van der Waals surface area contributed by atoms with Crippen molar-refractivity contribution in [3.63, 3.8) is 0 Å². The lowest BCUT2D eigenvalue weighted by Gasteiger charge is -2.16. The molecule has 0 saturated carbocycles. The summed E-state index contributed by atoms with van der Waals surface area (Å²) in [7, 11) is 0. The van der Waals surface area contributed by atoms with Gasteiger partial charge in [-0.1, -0.05) is 0 Å². The summed E-state index contributed by atoms with van der Waals surface area (Å²) >= 11 is 0. The lowest BCUT2D eigenvalue weighted by atomic mass is 10.1. The first-order valence-electron chi connectivity index (χ1n) is 5.78. The van der Waals surface area contributed by atoms with Gasteiger partial charge in [-0.05, 0) is 26.7 Å². The number of carbonyl (C=O) groups is 1. The molecule has 0 aliphatic carbocycles. The molecule has 0 aromatic heterocycles. The first-order chi connectivity index (χ1) is 7.60. The average molecular weight is 233 g/mol. The molecule has 0 aliphatic heterocycles. The lowest BCUT2D eigenvalue weighted by molar-refractivity contribution is -0.145. The Morgan fingerprint density at radius 3 is 2.75 bits per heavy atom. The predicted octanol–water partition coefficient (Wildman–Crippen LogP) is 0.0511. The van der Waals surface area contributed by atoms with Gasteiger partial charge >= 0.3 is 5.97 Å². The highest BCUT2D eigenvalue weighted by molar-refractivity contribution is 5.69. The molecule has 0 bridgehead atoms. The molecule has 96 valence electrons. The first kappa shape index (κ1) is 15.3. The Labute approximate surface area is 96.8 Å². The Balaban J connectivity index is 3.55. The molecule has 0 fully saturated rings. The van der Waals surface area contributed by atoms with Crippen LogP contribution in [-0.2, 0) is 9.53 Å². The zero-order chi connectivity index (χ0) is 12.4. The maximum atomic E-state index is 11.0. The van der Waals surface area contributed by atoms with Gasteiger partial charge in [0.25, 0.3) is 0 Å². The van der Waals surface area contributed by atoms with Crippen LogP contribution in [0.4, 0.5) is 0 Å². The topological polar surface area (TPSA) is 78.8 Å². The fraction of sp³-hybridized carbons (Fsp3) is 0.909. The highest BCUT2D eigenvalue weighted by Crippen LogP contribution is 1.98. The molecular weight excluding hydrogens is 210 g/mol. The van der Waals surface area contributed by atoms with Gasteiger partial charge in [0.05, 0.1) is 19.1 Å². The van der Waals surface area contributed by atoms with Crippen molar-refractivity contribution in [3.8, 4) is 0 Å². The second-order valence-corrected chi connectivity index (χ2v) is 3.84. The van der Waals surface area contributed by atoms with Gasteiger partial charge in [0, 0.05) is 19.2 Å². The minimum Gasteiger partial charge on any atom is -0.466 e. The number of ether oxygens (including phenoxy) is 1. The number of carbonyl (C=O) groups excluding carboxylic acids is 1. The predicted molar refractivity (Wildman–Crippen MR) is 61.0 cm³/mol. The smallest absolute Gasteiger partial charge is 0.308 e. The number of aliphatic hydroxyl groups is 2. The van der Waals surface area contributed by atoms with Crippen molar-refractivity contribution in [1.29, 1.82) is 0 Å². The zero-order valence-corrected chi connectivity index (χ0v) is 10.1. The van der Waals surface area contributed by atoms with Gasteiger partial charge in [0.15, 0.2) is 0 Å². The quantitative estimate of drug-likeness (QED) is 0.490. The Bertz CT molecular complexity index is 187. The zero-order valence-electron chi connectivity index (χ0n) is 10.1. The number of hydrogen-bond acceptors (Lipinski definition) is 5. The average Bonchev–Trinajstić information content (AvgIpc) is 2.23. The Morgan fingerprint density at radius 2 is 2.19 bits per heavy atom. The van der Waals surface area contributed by atoms with Crippen molar-refractivity contribution in [2.45, 2.75) is 45.3 Å². The van der Waals surface area contributed by atoms with E-state index in [1.807, 2.05) is 6.92 Å². The molecule has 0 saturated heterocycles. The monoisotopic (exact) mass is 233 g/mol. The molecule has 0 aromatic carbocycles. The van der Waals surface area contributed by atoms with Crippen LogP contribution in [-0.4, -0.2) is 48.1 Å². The van der Waals surface area contributed by atoms with Gasteiger partial charge in [0.2, 0.25) is 0 Å². The van der Waals surface area contributed by atoms with Gasteiger partial charge in [-0.3, -0.25) is 4.79 Å². The molecule has 0 rings (SSSR count). The molecular formula is C11H23NO4. The van der Waals surface area contributed by atoms with Gasteiger partial charge in [-0.25, -0.2) is 0 Å². The Kier molecular flexibility index (Phi) is 9.18. The highest BCUT2D eigenvalue weighted by Gasteiger charge is 2.12. The number of hydrogen-bond donors (Lipinski definition) is 3.